The summed E-state index contributed by atoms with van der Waals surface area (Å²) in [7, 11) is -3.60. The van der Waals surface area contributed by atoms with Crippen LogP contribution in [0.15, 0.2) is 53.4 Å². The van der Waals surface area contributed by atoms with Crippen molar-refractivity contribution in [2.45, 2.75) is 32.1 Å². The van der Waals surface area contributed by atoms with Crippen molar-refractivity contribution < 1.29 is 13.2 Å². The van der Waals surface area contributed by atoms with Crippen molar-refractivity contribution in [1.82, 2.24) is 4.72 Å². The number of rotatable bonds is 7. The van der Waals surface area contributed by atoms with Crippen LogP contribution in [-0.2, 0) is 14.8 Å². The van der Waals surface area contributed by atoms with Gasteiger partial charge in [-0.3, -0.25) is 4.79 Å². The molecular weight excluding hydrogens is 336 g/mol. The molecule has 1 N–H and O–H groups in total. The van der Waals surface area contributed by atoms with E-state index in [1.54, 1.807) is 29.2 Å². The molecule has 25 heavy (non-hydrogen) atoms. The number of amides is 1. The number of aryl methyl sites for hydroxylation is 2. The highest BCUT2D eigenvalue weighted by Crippen LogP contribution is 2.17. The van der Waals surface area contributed by atoms with Crippen LogP contribution in [0.2, 0.25) is 0 Å². The summed E-state index contributed by atoms with van der Waals surface area (Å²) in [5.41, 5.74) is 2.89. The third-order valence-corrected chi connectivity index (χ3v) is 5.37. The number of hydrogen-bond acceptors (Lipinski definition) is 3. The molecule has 0 fully saturated rings. The van der Waals surface area contributed by atoms with Crippen LogP contribution in [0.3, 0.4) is 0 Å². The summed E-state index contributed by atoms with van der Waals surface area (Å²) < 4.78 is 27.0. The first-order chi connectivity index (χ1) is 11.8. The van der Waals surface area contributed by atoms with E-state index in [0.29, 0.717) is 6.54 Å². The summed E-state index contributed by atoms with van der Waals surface area (Å²) in [6.45, 7) is 6.37. The molecule has 1 amide bonds. The maximum atomic E-state index is 12.4. The lowest BCUT2D eigenvalue weighted by molar-refractivity contribution is -0.118. The van der Waals surface area contributed by atoms with E-state index in [9.17, 15) is 13.2 Å². The molecule has 2 rings (SSSR count). The van der Waals surface area contributed by atoms with Crippen LogP contribution in [0.5, 0.6) is 0 Å². The van der Waals surface area contributed by atoms with Crippen LogP contribution >= 0.6 is 0 Å². The fourth-order valence-electron chi connectivity index (χ4n) is 2.53. The molecule has 0 radical (unpaired) electrons. The van der Waals surface area contributed by atoms with Gasteiger partial charge < -0.3 is 4.90 Å². The van der Waals surface area contributed by atoms with Gasteiger partial charge in [-0.1, -0.05) is 29.8 Å². The van der Waals surface area contributed by atoms with Gasteiger partial charge in [0, 0.05) is 25.2 Å². The highest BCUT2D eigenvalue weighted by molar-refractivity contribution is 7.89. The van der Waals surface area contributed by atoms with Gasteiger partial charge in [0.15, 0.2) is 0 Å². The molecule has 0 saturated carbocycles. The number of hydrogen-bond donors (Lipinski definition) is 1. The number of carbonyl (C=O) groups is 1. The first kappa shape index (κ1) is 19.1. The van der Waals surface area contributed by atoms with Crippen LogP contribution in [0, 0.1) is 13.8 Å². The Kier molecular flexibility index (Phi) is 6.33. The second-order valence-corrected chi connectivity index (χ2v) is 7.70. The van der Waals surface area contributed by atoms with Crippen LogP contribution in [-0.4, -0.2) is 27.4 Å². The van der Waals surface area contributed by atoms with Gasteiger partial charge in [-0.2, -0.15) is 0 Å². The molecule has 0 aliphatic heterocycles. The number of carbonyl (C=O) groups excluding carboxylic acids is 1. The fraction of sp³-hybridized carbons (Fsp3) is 0.316. The van der Waals surface area contributed by atoms with Gasteiger partial charge in [-0.05, 0) is 50.6 Å². The van der Waals surface area contributed by atoms with E-state index in [-0.39, 0.29) is 23.8 Å². The van der Waals surface area contributed by atoms with Gasteiger partial charge in [-0.25, -0.2) is 13.1 Å². The highest BCUT2D eigenvalue weighted by Gasteiger charge is 2.17. The fourth-order valence-corrected chi connectivity index (χ4v) is 3.56. The van der Waals surface area contributed by atoms with E-state index in [1.807, 2.05) is 45.0 Å². The molecule has 0 aliphatic rings. The molecule has 2 aromatic rings. The molecule has 0 bridgehead atoms. The number of anilines is 1. The van der Waals surface area contributed by atoms with Crippen molar-refractivity contribution in [1.29, 1.82) is 0 Å². The molecular formula is C19H24N2O3S. The average Bonchev–Trinajstić information content (AvgIpc) is 2.56. The summed E-state index contributed by atoms with van der Waals surface area (Å²) in [4.78, 5) is 14.3. The van der Waals surface area contributed by atoms with Gasteiger partial charge >= 0.3 is 0 Å². The van der Waals surface area contributed by atoms with E-state index in [4.69, 9.17) is 0 Å². The zero-order valence-corrected chi connectivity index (χ0v) is 15.6. The molecule has 0 unspecified atom stereocenters. The second-order valence-electron chi connectivity index (χ2n) is 5.94. The number of benzene rings is 2. The smallest absolute Gasteiger partial charge is 0.240 e. The van der Waals surface area contributed by atoms with Gasteiger partial charge in [0.1, 0.15) is 0 Å². The molecule has 6 heteroatoms. The Morgan fingerprint density at radius 2 is 1.72 bits per heavy atom. The van der Waals surface area contributed by atoms with E-state index in [2.05, 4.69) is 4.72 Å². The lowest BCUT2D eigenvalue weighted by Crippen LogP contribution is -2.34. The van der Waals surface area contributed by atoms with Crippen LogP contribution in [0.1, 0.15) is 24.5 Å². The summed E-state index contributed by atoms with van der Waals surface area (Å²) in [6, 6.07) is 14.3. The Balaban J connectivity index is 1.98. The second kappa shape index (κ2) is 8.27. The molecule has 0 heterocycles. The highest BCUT2D eigenvalue weighted by atomic mass is 32.2. The van der Waals surface area contributed by atoms with Crippen molar-refractivity contribution in [3.8, 4) is 0 Å². The standard InChI is InChI=1S/C19H24N2O3S/c1-4-21(17-7-5-6-16(3)14-17)19(22)12-13-20-25(23,24)18-10-8-15(2)9-11-18/h5-11,14,20H,4,12-13H2,1-3H3. The SMILES string of the molecule is CCN(C(=O)CCNS(=O)(=O)c1ccc(C)cc1)c1cccc(C)c1. The summed E-state index contributed by atoms with van der Waals surface area (Å²) in [6.07, 6.45) is 0.104. The Hall–Kier alpha value is -2.18. The first-order valence-corrected chi connectivity index (χ1v) is 9.75. The minimum absolute atomic E-state index is 0.0668. The van der Waals surface area contributed by atoms with Gasteiger partial charge in [-0.15, -0.1) is 0 Å². The maximum absolute atomic E-state index is 12.4. The largest absolute Gasteiger partial charge is 0.313 e. The minimum atomic E-state index is -3.60. The van der Waals surface area contributed by atoms with Crippen LogP contribution in [0.4, 0.5) is 5.69 Å². The van der Waals surface area contributed by atoms with Crippen LogP contribution < -0.4 is 9.62 Å². The van der Waals surface area contributed by atoms with Gasteiger partial charge in [0.05, 0.1) is 4.90 Å². The molecule has 2 aromatic carbocycles. The van der Waals surface area contributed by atoms with E-state index < -0.39 is 10.0 Å². The predicted molar refractivity (Wildman–Crippen MR) is 100 cm³/mol. The third-order valence-electron chi connectivity index (χ3n) is 3.89. The number of sulfonamides is 1. The number of nitrogens with zero attached hydrogens (tertiary/aromatic N) is 1. The Bertz CT molecular complexity index is 830. The first-order valence-electron chi connectivity index (χ1n) is 8.27. The lowest BCUT2D eigenvalue weighted by Gasteiger charge is -2.21. The molecule has 5 nitrogen and oxygen atoms in total. The monoisotopic (exact) mass is 360 g/mol. The predicted octanol–water partition coefficient (Wildman–Crippen LogP) is 3.02. The Morgan fingerprint density at radius 1 is 1.04 bits per heavy atom. The summed E-state index contributed by atoms with van der Waals surface area (Å²) in [5, 5.41) is 0. The topological polar surface area (TPSA) is 66.5 Å². The van der Waals surface area contributed by atoms with Crippen molar-refractivity contribution >= 4 is 21.6 Å². The van der Waals surface area contributed by atoms with Crippen molar-refractivity contribution in [3.05, 3.63) is 59.7 Å². The van der Waals surface area contributed by atoms with Crippen molar-refractivity contribution in [2.75, 3.05) is 18.0 Å². The Labute approximate surface area is 149 Å². The van der Waals surface area contributed by atoms with Gasteiger partial charge in [0.2, 0.25) is 15.9 Å². The zero-order chi connectivity index (χ0) is 18.4. The van der Waals surface area contributed by atoms with Crippen molar-refractivity contribution in [3.63, 3.8) is 0 Å². The Morgan fingerprint density at radius 3 is 2.32 bits per heavy atom. The molecule has 0 spiro atoms. The molecule has 0 aliphatic carbocycles. The summed E-state index contributed by atoms with van der Waals surface area (Å²) >= 11 is 0. The zero-order valence-electron chi connectivity index (χ0n) is 14.8. The maximum Gasteiger partial charge on any atom is 0.240 e. The van der Waals surface area contributed by atoms with Gasteiger partial charge in [0.25, 0.3) is 0 Å². The van der Waals surface area contributed by atoms with E-state index in [0.717, 1.165) is 16.8 Å². The lowest BCUT2D eigenvalue weighted by atomic mass is 10.2. The average molecular weight is 360 g/mol. The third kappa shape index (κ3) is 5.14. The van der Waals surface area contributed by atoms with E-state index >= 15 is 0 Å². The van der Waals surface area contributed by atoms with E-state index in [1.165, 1.54) is 0 Å². The van der Waals surface area contributed by atoms with Crippen molar-refractivity contribution in [2.24, 2.45) is 0 Å². The number of nitrogens with one attached hydrogen (secondary N) is 1. The minimum Gasteiger partial charge on any atom is -0.313 e. The normalized spacial score (nSPS) is 11.3. The summed E-state index contributed by atoms with van der Waals surface area (Å²) in [5.74, 6) is -0.111. The molecule has 0 atom stereocenters. The molecule has 0 aromatic heterocycles. The quantitative estimate of drug-likeness (QED) is 0.825. The molecule has 0 saturated heterocycles. The van der Waals surface area contributed by atoms with Crippen LogP contribution in [0.25, 0.3) is 0 Å². The molecule has 134 valence electrons.